The van der Waals surface area contributed by atoms with E-state index >= 15 is 0 Å². The van der Waals surface area contributed by atoms with Crippen molar-refractivity contribution in [1.82, 2.24) is 14.9 Å². The molecule has 3 aromatic rings. The lowest BCUT2D eigenvalue weighted by atomic mass is 10.1. The molecule has 7 nitrogen and oxygen atoms in total. The molecule has 0 radical (unpaired) electrons. The standard InChI is InChI=1S/C25H29N3O4S/c1-15(2)14-28-23(30)20-12-11-19(24(31)32-5)13-21(20)27-25(28)33-17(4)22(29)26-16(3)18-9-7-6-8-10-18/h6-13,15-17H,14H2,1-5H3,(H,26,29). The second-order valence-corrected chi connectivity index (χ2v) is 9.64. The topological polar surface area (TPSA) is 90.3 Å². The number of ether oxygens (including phenoxy) is 1. The minimum atomic E-state index is -0.498. The number of hydrogen-bond acceptors (Lipinski definition) is 6. The number of esters is 1. The fraction of sp³-hybridized carbons (Fsp3) is 0.360. The predicted molar refractivity (Wildman–Crippen MR) is 130 cm³/mol. The van der Waals surface area contributed by atoms with Crippen molar-refractivity contribution < 1.29 is 14.3 Å². The van der Waals surface area contributed by atoms with E-state index in [4.69, 9.17) is 4.74 Å². The van der Waals surface area contributed by atoms with Gasteiger partial charge >= 0.3 is 5.97 Å². The Bertz CT molecular complexity index is 1210. The highest BCUT2D eigenvalue weighted by Crippen LogP contribution is 2.25. The van der Waals surface area contributed by atoms with Crippen LogP contribution in [0.25, 0.3) is 10.9 Å². The van der Waals surface area contributed by atoms with Crippen molar-refractivity contribution in [2.75, 3.05) is 7.11 Å². The highest BCUT2D eigenvalue weighted by Gasteiger charge is 2.22. The number of fused-ring (bicyclic) bond motifs is 1. The number of nitrogens with one attached hydrogen (secondary N) is 1. The van der Waals surface area contributed by atoms with Crippen LogP contribution in [0.5, 0.6) is 0 Å². The summed E-state index contributed by atoms with van der Waals surface area (Å²) in [4.78, 5) is 42.7. The molecule has 174 valence electrons. The van der Waals surface area contributed by atoms with E-state index in [9.17, 15) is 14.4 Å². The average molecular weight is 468 g/mol. The zero-order valence-corrected chi connectivity index (χ0v) is 20.3. The zero-order chi connectivity index (χ0) is 24.1. The van der Waals surface area contributed by atoms with Gasteiger partial charge in [-0.3, -0.25) is 14.2 Å². The number of rotatable bonds is 8. The molecule has 3 rings (SSSR count). The minimum absolute atomic E-state index is 0.146. The third kappa shape index (κ3) is 5.82. The molecule has 1 aromatic heterocycles. The van der Waals surface area contributed by atoms with Gasteiger partial charge in [-0.05, 0) is 43.5 Å². The van der Waals surface area contributed by atoms with Crippen molar-refractivity contribution in [3.8, 4) is 0 Å². The molecule has 0 spiro atoms. The van der Waals surface area contributed by atoms with E-state index in [2.05, 4.69) is 10.3 Å². The lowest BCUT2D eigenvalue weighted by Gasteiger charge is -2.20. The SMILES string of the molecule is COC(=O)c1ccc2c(=O)n(CC(C)C)c(SC(C)C(=O)NC(C)c3ccccc3)nc2c1. The molecule has 1 amide bonds. The summed E-state index contributed by atoms with van der Waals surface area (Å²) in [7, 11) is 1.30. The molecular weight excluding hydrogens is 438 g/mol. The van der Waals surface area contributed by atoms with Crippen molar-refractivity contribution in [2.24, 2.45) is 5.92 Å². The van der Waals surface area contributed by atoms with Gasteiger partial charge < -0.3 is 10.1 Å². The summed E-state index contributed by atoms with van der Waals surface area (Å²) in [6, 6.07) is 14.3. The predicted octanol–water partition coefficient (Wildman–Crippen LogP) is 4.20. The van der Waals surface area contributed by atoms with E-state index in [-0.39, 0.29) is 23.4 Å². The van der Waals surface area contributed by atoms with Crippen LogP contribution in [0.3, 0.4) is 0 Å². The van der Waals surface area contributed by atoms with Crippen LogP contribution in [-0.4, -0.2) is 33.8 Å². The van der Waals surface area contributed by atoms with Gasteiger partial charge in [-0.15, -0.1) is 0 Å². The van der Waals surface area contributed by atoms with Gasteiger partial charge in [0, 0.05) is 6.54 Å². The van der Waals surface area contributed by atoms with Crippen LogP contribution < -0.4 is 10.9 Å². The van der Waals surface area contributed by atoms with Crippen molar-refractivity contribution in [3.63, 3.8) is 0 Å². The van der Waals surface area contributed by atoms with Gasteiger partial charge in [0.2, 0.25) is 5.91 Å². The second kappa shape index (κ2) is 10.7. The first-order valence-corrected chi connectivity index (χ1v) is 11.7. The molecular formula is C25H29N3O4S. The molecule has 0 bridgehead atoms. The molecule has 0 fully saturated rings. The average Bonchev–Trinajstić information content (AvgIpc) is 2.80. The van der Waals surface area contributed by atoms with Gasteiger partial charge in [0.05, 0.1) is 34.9 Å². The number of thioether (sulfide) groups is 1. The zero-order valence-electron chi connectivity index (χ0n) is 19.5. The molecule has 1 N–H and O–H groups in total. The van der Waals surface area contributed by atoms with Crippen LogP contribution in [0.15, 0.2) is 58.5 Å². The highest BCUT2D eigenvalue weighted by atomic mass is 32.2. The van der Waals surface area contributed by atoms with Crippen LogP contribution in [0, 0.1) is 5.92 Å². The molecule has 2 aromatic carbocycles. The van der Waals surface area contributed by atoms with Crippen LogP contribution in [0.2, 0.25) is 0 Å². The van der Waals surface area contributed by atoms with Gasteiger partial charge in [0.25, 0.3) is 5.56 Å². The minimum Gasteiger partial charge on any atom is -0.465 e. The maximum atomic E-state index is 13.2. The van der Waals surface area contributed by atoms with Gasteiger partial charge in [-0.2, -0.15) is 0 Å². The van der Waals surface area contributed by atoms with Crippen LogP contribution in [0.4, 0.5) is 0 Å². The number of carbonyl (C=O) groups excluding carboxylic acids is 2. The molecule has 0 saturated carbocycles. The third-order valence-electron chi connectivity index (χ3n) is 5.20. The maximum Gasteiger partial charge on any atom is 0.337 e. The summed E-state index contributed by atoms with van der Waals surface area (Å²) < 4.78 is 6.39. The van der Waals surface area contributed by atoms with Gasteiger partial charge in [-0.1, -0.05) is 55.9 Å². The number of amides is 1. The fourth-order valence-corrected chi connectivity index (χ4v) is 4.36. The summed E-state index contributed by atoms with van der Waals surface area (Å²) in [5.74, 6) is -0.440. The Morgan fingerprint density at radius 2 is 1.79 bits per heavy atom. The molecule has 0 aliphatic carbocycles. The first-order valence-electron chi connectivity index (χ1n) is 10.9. The van der Waals surface area contributed by atoms with Crippen LogP contribution in [-0.2, 0) is 16.1 Å². The van der Waals surface area contributed by atoms with E-state index in [1.54, 1.807) is 29.7 Å². The van der Waals surface area contributed by atoms with Gasteiger partial charge in [0.15, 0.2) is 5.16 Å². The largest absolute Gasteiger partial charge is 0.465 e. The molecule has 0 saturated heterocycles. The van der Waals surface area contributed by atoms with Crippen LogP contribution >= 0.6 is 11.8 Å². The Morgan fingerprint density at radius 1 is 1.09 bits per heavy atom. The first-order chi connectivity index (χ1) is 15.7. The lowest BCUT2D eigenvalue weighted by Crippen LogP contribution is -2.34. The van der Waals surface area contributed by atoms with Gasteiger partial charge in [0.1, 0.15) is 0 Å². The lowest BCUT2D eigenvalue weighted by molar-refractivity contribution is -0.120. The second-order valence-electron chi connectivity index (χ2n) is 8.33. The monoisotopic (exact) mass is 467 g/mol. The first kappa shape index (κ1) is 24.5. The van der Waals surface area contributed by atoms with E-state index in [1.807, 2.05) is 51.1 Å². The molecule has 0 aliphatic rings. The van der Waals surface area contributed by atoms with Crippen molar-refractivity contribution in [1.29, 1.82) is 0 Å². The Kier molecular flexibility index (Phi) is 7.92. The summed E-state index contributed by atoms with van der Waals surface area (Å²) in [6.07, 6.45) is 0. The molecule has 33 heavy (non-hydrogen) atoms. The summed E-state index contributed by atoms with van der Waals surface area (Å²) >= 11 is 1.23. The Hall–Kier alpha value is -3.13. The van der Waals surface area contributed by atoms with Crippen molar-refractivity contribution >= 4 is 34.5 Å². The number of nitrogens with zero attached hydrogens (tertiary/aromatic N) is 2. The smallest absolute Gasteiger partial charge is 0.337 e. The summed E-state index contributed by atoms with van der Waals surface area (Å²) in [5.41, 5.74) is 1.53. The normalized spacial score (nSPS) is 13.0. The van der Waals surface area contributed by atoms with Crippen molar-refractivity contribution in [2.45, 2.75) is 50.7 Å². The quantitative estimate of drug-likeness (QED) is 0.303. The van der Waals surface area contributed by atoms with Gasteiger partial charge in [-0.25, -0.2) is 9.78 Å². The molecule has 8 heteroatoms. The Balaban J connectivity index is 1.92. The van der Waals surface area contributed by atoms with E-state index in [0.29, 0.717) is 28.2 Å². The number of methoxy groups -OCH3 is 1. The number of aromatic nitrogens is 2. The van der Waals surface area contributed by atoms with Crippen molar-refractivity contribution in [3.05, 3.63) is 70.0 Å². The number of carbonyl (C=O) groups is 2. The van der Waals surface area contributed by atoms with E-state index in [0.717, 1.165) is 5.56 Å². The highest BCUT2D eigenvalue weighted by molar-refractivity contribution is 8.00. The van der Waals surface area contributed by atoms with E-state index in [1.165, 1.54) is 18.9 Å². The number of hydrogen-bond donors (Lipinski definition) is 1. The molecule has 1 heterocycles. The summed E-state index contributed by atoms with van der Waals surface area (Å²) in [6.45, 7) is 8.23. The maximum absolute atomic E-state index is 13.2. The summed E-state index contributed by atoms with van der Waals surface area (Å²) in [5, 5.41) is 3.40. The molecule has 2 atom stereocenters. The molecule has 0 aliphatic heterocycles. The van der Waals surface area contributed by atoms with E-state index < -0.39 is 11.2 Å². The Labute approximate surface area is 197 Å². The third-order valence-corrected chi connectivity index (χ3v) is 6.29. The molecule has 2 unspecified atom stereocenters. The fourth-order valence-electron chi connectivity index (χ4n) is 3.43. The number of benzene rings is 2. The Morgan fingerprint density at radius 3 is 2.42 bits per heavy atom. The van der Waals surface area contributed by atoms with Crippen LogP contribution in [0.1, 0.15) is 49.7 Å².